The summed E-state index contributed by atoms with van der Waals surface area (Å²) >= 11 is 0. The second kappa shape index (κ2) is 5.18. The summed E-state index contributed by atoms with van der Waals surface area (Å²) < 4.78 is 0. The lowest BCUT2D eigenvalue weighted by Crippen LogP contribution is -2.19. The second-order valence-electron chi connectivity index (χ2n) is 5.92. The summed E-state index contributed by atoms with van der Waals surface area (Å²) in [5, 5.41) is 0. The summed E-state index contributed by atoms with van der Waals surface area (Å²) in [4.78, 5) is 0. The van der Waals surface area contributed by atoms with E-state index in [1.807, 2.05) is 0 Å². The first-order valence-electron chi connectivity index (χ1n) is 6.93. The molecule has 0 bridgehead atoms. The lowest BCUT2D eigenvalue weighted by molar-refractivity contribution is 0.216. The van der Waals surface area contributed by atoms with Crippen molar-refractivity contribution >= 4 is 0 Å². The van der Waals surface area contributed by atoms with E-state index in [1.165, 1.54) is 51.4 Å². The number of hydrogen-bond acceptors (Lipinski definition) is 0. The van der Waals surface area contributed by atoms with Crippen LogP contribution in [0.2, 0.25) is 0 Å². The zero-order valence-electron chi connectivity index (χ0n) is 10.5. The first-order valence-corrected chi connectivity index (χ1v) is 6.93. The Bertz CT molecular complexity index is 220. The third-order valence-electron chi connectivity index (χ3n) is 4.47. The predicted octanol–water partition coefficient (Wildman–Crippen LogP) is 4.95. The third kappa shape index (κ3) is 3.09. The van der Waals surface area contributed by atoms with Crippen LogP contribution in [-0.2, 0) is 0 Å². The molecule has 1 saturated carbocycles. The van der Waals surface area contributed by atoms with Gasteiger partial charge in [0.1, 0.15) is 0 Å². The number of hydrogen-bond donors (Lipinski definition) is 0. The van der Waals surface area contributed by atoms with Gasteiger partial charge in [-0.3, -0.25) is 0 Å². The molecule has 2 aliphatic carbocycles. The minimum absolute atomic E-state index is 0.833. The second-order valence-corrected chi connectivity index (χ2v) is 5.92. The van der Waals surface area contributed by atoms with Gasteiger partial charge in [-0.2, -0.15) is 0 Å². The van der Waals surface area contributed by atoms with E-state index in [4.69, 9.17) is 0 Å². The van der Waals surface area contributed by atoms with E-state index in [0.29, 0.717) is 0 Å². The smallest absolute Gasteiger partial charge is 0.0257 e. The molecule has 2 aliphatic rings. The fraction of sp³-hybridized carbons (Fsp3) is 0.867. The van der Waals surface area contributed by atoms with Crippen LogP contribution in [0, 0.1) is 17.8 Å². The fourth-order valence-corrected chi connectivity index (χ4v) is 3.68. The first-order chi connectivity index (χ1) is 7.25. The van der Waals surface area contributed by atoms with Crippen LogP contribution in [0.3, 0.4) is 0 Å². The van der Waals surface area contributed by atoms with Crippen molar-refractivity contribution in [3.8, 4) is 0 Å². The zero-order chi connectivity index (χ0) is 10.7. The number of rotatable bonds is 1. The van der Waals surface area contributed by atoms with Gasteiger partial charge in [-0.15, -0.1) is 0 Å². The molecule has 2 unspecified atom stereocenters. The Morgan fingerprint density at radius 2 is 1.73 bits per heavy atom. The van der Waals surface area contributed by atoms with Gasteiger partial charge in [0.05, 0.1) is 0 Å². The van der Waals surface area contributed by atoms with Crippen LogP contribution in [0.4, 0.5) is 0 Å². The van der Waals surface area contributed by atoms with Crippen molar-refractivity contribution in [2.45, 2.75) is 65.2 Å². The summed E-state index contributed by atoms with van der Waals surface area (Å²) in [5.41, 5.74) is 1.64. The molecule has 0 nitrogen and oxygen atoms in total. The van der Waals surface area contributed by atoms with E-state index >= 15 is 0 Å². The highest BCUT2D eigenvalue weighted by Crippen LogP contribution is 2.38. The van der Waals surface area contributed by atoms with Gasteiger partial charge in [0.15, 0.2) is 0 Å². The van der Waals surface area contributed by atoms with Crippen molar-refractivity contribution in [1.82, 2.24) is 0 Å². The van der Waals surface area contributed by atoms with Gasteiger partial charge in [-0.1, -0.05) is 50.7 Å². The topological polar surface area (TPSA) is 0 Å². The van der Waals surface area contributed by atoms with Crippen molar-refractivity contribution in [1.29, 1.82) is 0 Å². The average Bonchev–Trinajstić information content (AvgIpc) is 2.41. The summed E-state index contributed by atoms with van der Waals surface area (Å²) in [6, 6.07) is 0. The van der Waals surface area contributed by atoms with Gasteiger partial charge in [0.2, 0.25) is 0 Å². The molecular formula is C15H26. The molecule has 0 amide bonds. The number of allylic oxidation sites excluding steroid dienone is 2. The molecule has 2 atom stereocenters. The monoisotopic (exact) mass is 206 g/mol. The highest BCUT2D eigenvalue weighted by atomic mass is 14.3. The lowest BCUT2D eigenvalue weighted by Gasteiger charge is -2.30. The van der Waals surface area contributed by atoms with Gasteiger partial charge >= 0.3 is 0 Å². The Morgan fingerprint density at radius 3 is 2.47 bits per heavy atom. The van der Waals surface area contributed by atoms with E-state index in [0.717, 1.165) is 17.8 Å². The van der Waals surface area contributed by atoms with E-state index in [2.05, 4.69) is 19.9 Å². The minimum Gasteiger partial charge on any atom is -0.0828 e. The zero-order valence-corrected chi connectivity index (χ0v) is 10.5. The SMILES string of the molecule is CC1=CC(C)CC(C2CCCCC2)CC1. The van der Waals surface area contributed by atoms with Crippen molar-refractivity contribution in [3.63, 3.8) is 0 Å². The Hall–Kier alpha value is -0.260. The van der Waals surface area contributed by atoms with Crippen LogP contribution in [0.5, 0.6) is 0 Å². The summed E-state index contributed by atoms with van der Waals surface area (Å²) in [5.74, 6) is 2.94. The molecular weight excluding hydrogens is 180 g/mol. The molecule has 0 saturated heterocycles. The maximum absolute atomic E-state index is 2.52. The Morgan fingerprint density at radius 1 is 1.00 bits per heavy atom. The van der Waals surface area contributed by atoms with E-state index < -0.39 is 0 Å². The Kier molecular flexibility index (Phi) is 3.88. The van der Waals surface area contributed by atoms with Crippen LogP contribution in [0.25, 0.3) is 0 Å². The van der Waals surface area contributed by atoms with Crippen molar-refractivity contribution in [2.75, 3.05) is 0 Å². The quantitative estimate of drug-likeness (QED) is 0.532. The molecule has 0 radical (unpaired) electrons. The van der Waals surface area contributed by atoms with Gasteiger partial charge in [0.25, 0.3) is 0 Å². The van der Waals surface area contributed by atoms with Crippen LogP contribution < -0.4 is 0 Å². The van der Waals surface area contributed by atoms with Gasteiger partial charge in [-0.05, 0) is 43.9 Å². The molecule has 0 heterocycles. The summed E-state index contributed by atoms with van der Waals surface area (Å²) in [6.07, 6.45) is 14.4. The van der Waals surface area contributed by atoms with Crippen molar-refractivity contribution in [2.24, 2.45) is 17.8 Å². The highest BCUT2D eigenvalue weighted by Gasteiger charge is 2.25. The fourth-order valence-electron chi connectivity index (χ4n) is 3.68. The van der Waals surface area contributed by atoms with Gasteiger partial charge < -0.3 is 0 Å². The molecule has 86 valence electrons. The van der Waals surface area contributed by atoms with Crippen LogP contribution >= 0.6 is 0 Å². The average molecular weight is 206 g/mol. The molecule has 15 heavy (non-hydrogen) atoms. The molecule has 0 aliphatic heterocycles. The van der Waals surface area contributed by atoms with E-state index in [9.17, 15) is 0 Å². The van der Waals surface area contributed by atoms with Crippen molar-refractivity contribution < 1.29 is 0 Å². The maximum Gasteiger partial charge on any atom is -0.0257 e. The standard InChI is InChI=1S/C15H26/c1-12-8-9-15(11-13(2)10-12)14-6-4-3-5-7-14/h10,13-15H,3-9,11H2,1-2H3. The highest BCUT2D eigenvalue weighted by molar-refractivity contribution is 5.03. The van der Waals surface area contributed by atoms with Crippen LogP contribution in [-0.4, -0.2) is 0 Å². The molecule has 0 N–H and O–H groups in total. The summed E-state index contributed by atoms with van der Waals surface area (Å²) in [7, 11) is 0. The molecule has 2 rings (SSSR count). The van der Waals surface area contributed by atoms with Crippen molar-refractivity contribution in [3.05, 3.63) is 11.6 Å². The lowest BCUT2D eigenvalue weighted by atomic mass is 9.75. The minimum atomic E-state index is 0.833. The molecule has 0 aromatic carbocycles. The maximum atomic E-state index is 2.52. The molecule has 0 aromatic heterocycles. The van der Waals surface area contributed by atoms with E-state index in [1.54, 1.807) is 5.57 Å². The third-order valence-corrected chi connectivity index (χ3v) is 4.47. The van der Waals surface area contributed by atoms with Crippen LogP contribution in [0.15, 0.2) is 11.6 Å². The molecule has 0 heteroatoms. The van der Waals surface area contributed by atoms with E-state index in [-0.39, 0.29) is 0 Å². The summed E-state index contributed by atoms with van der Waals surface area (Å²) in [6.45, 7) is 4.73. The Labute approximate surface area is 95.1 Å². The largest absolute Gasteiger partial charge is 0.0828 e. The first kappa shape index (κ1) is 11.2. The van der Waals surface area contributed by atoms with Crippen LogP contribution in [0.1, 0.15) is 65.2 Å². The molecule has 0 spiro atoms. The molecule has 0 aromatic rings. The van der Waals surface area contributed by atoms with Gasteiger partial charge in [-0.25, -0.2) is 0 Å². The van der Waals surface area contributed by atoms with Gasteiger partial charge in [0, 0.05) is 0 Å². The predicted molar refractivity (Wildman–Crippen MR) is 66.8 cm³/mol. The molecule has 1 fully saturated rings. The normalized spacial score (nSPS) is 34.7. The Balaban J connectivity index is 1.92.